The highest BCUT2D eigenvalue weighted by Gasteiger charge is 2.37. The molecule has 1 aromatic carbocycles. The Morgan fingerprint density at radius 3 is 2.00 bits per heavy atom. The van der Waals surface area contributed by atoms with Crippen LogP contribution in [0.25, 0.3) is 0 Å². The number of nitrogens with one attached hydrogen (secondary N) is 1. The van der Waals surface area contributed by atoms with Crippen molar-refractivity contribution in [2.24, 2.45) is 0 Å². The predicted molar refractivity (Wildman–Crippen MR) is 116 cm³/mol. The number of hydrogen-bond donors (Lipinski definition) is 1. The molecular formula is C24H35F4NO3. The number of alkyl halides is 3. The van der Waals surface area contributed by atoms with Crippen molar-refractivity contribution in [1.82, 2.24) is 5.32 Å². The molecule has 1 rings (SSSR count). The van der Waals surface area contributed by atoms with Crippen LogP contribution in [0.3, 0.4) is 0 Å². The van der Waals surface area contributed by atoms with Crippen LogP contribution in [0.4, 0.5) is 17.6 Å². The van der Waals surface area contributed by atoms with Crippen molar-refractivity contribution >= 4 is 11.9 Å². The molecule has 1 amide bonds. The van der Waals surface area contributed by atoms with Crippen LogP contribution < -0.4 is 5.32 Å². The van der Waals surface area contributed by atoms with Gasteiger partial charge in [-0.3, -0.25) is 4.79 Å². The summed E-state index contributed by atoms with van der Waals surface area (Å²) in [5.41, 5.74) is -2.53. The Kier molecular flexibility index (Phi) is 13.0. The van der Waals surface area contributed by atoms with E-state index in [4.69, 9.17) is 4.74 Å². The maximum Gasteiger partial charge on any atom is 0.417 e. The lowest BCUT2D eigenvalue weighted by atomic mass is 10.1. The van der Waals surface area contributed by atoms with Gasteiger partial charge in [0.25, 0.3) is 5.91 Å². The SMILES string of the molecule is CCCCCCCCCCCCCOC(=O)C(C)NC(=O)c1c(F)cccc1C(F)(F)F. The maximum absolute atomic E-state index is 13.9. The number of carbonyl (C=O) groups is 2. The lowest BCUT2D eigenvalue weighted by molar-refractivity contribution is -0.145. The Morgan fingerprint density at radius 2 is 1.47 bits per heavy atom. The Hall–Kier alpha value is -2.12. The third-order valence-corrected chi connectivity index (χ3v) is 5.24. The molecule has 1 unspecified atom stereocenters. The first-order valence-corrected chi connectivity index (χ1v) is 11.5. The number of esters is 1. The van der Waals surface area contributed by atoms with Gasteiger partial charge in [-0.2, -0.15) is 13.2 Å². The van der Waals surface area contributed by atoms with Crippen molar-refractivity contribution in [2.45, 2.75) is 96.7 Å². The molecule has 0 heterocycles. The molecule has 0 radical (unpaired) electrons. The molecule has 8 heteroatoms. The molecular weight excluding hydrogens is 426 g/mol. The first kappa shape index (κ1) is 27.9. The average molecular weight is 462 g/mol. The van der Waals surface area contributed by atoms with Crippen LogP contribution in [-0.2, 0) is 15.7 Å². The monoisotopic (exact) mass is 461 g/mol. The smallest absolute Gasteiger partial charge is 0.417 e. The Bertz CT molecular complexity index is 707. The average Bonchev–Trinajstić information content (AvgIpc) is 2.73. The molecule has 1 N–H and O–H groups in total. The van der Waals surface area contributed by atoms with E-state index in [1.165, 1.54) is 51.9 Å². The maximum atomic E-state index is 13.9. The summed E-state index contributed by atoms with van der Waals surface area (Å²) in [5, 5.41) is 2.09. The molecule has 182 valence electrons. The van der Waals surface area contributed by atoms with Gasteiger partial charge in [-0.25, -0.2) is 9.18 Å². The van der Waals surface area contributed by atoms with Crippen LogP contribution in [0.1, 0.15) is 100 Å². The van der Waals surface area contributed by atoms with Gasteiger partial charge in [-0.05, 0) is 25.5 Å². The van der Waals surface area contributed by atoms with Crippen LogP contribution in [0, 0.1) is 5.82 Å². The van der Waals surface area contributed by atoms with E-state index >= 15 is 0 Å². The summed E-state index contributed by atoms with van der Waals surface area (Å²) >= 11 is 0. The first-order chi connectivity index (χ1) is 15.2. The van der Waals surface area contributed by atoms with Crippen LogP contribution in [-0.4, -0.2) is 24.5 Å². The van der Waals surface area contributed by atoms with Gasteiger partial charge < -0.3 is 10.1 Å². The summed E-state index contributed by atoms with van der Waals surface area (Å²) < 4.78 is 58.1. The van der Waals surface area contributed by atoms with Gasteiger partial charge in [-0.15, -0.1) is 0 Å². The number of halogens is 4. The summed E-state index contributed by atoms with van der Waals surface area (Å²) in [6.45, 7) is 3.66. The molecule has 32 heavy (non-hydrogen) atoms. The third kappa shape index (κ3) is 10.5. The molecule has 0 saturated carbocycles. The zero-order valence-corrected chi connectivity index (χ0v) is 19.0. The topological polar surface area (TPSA) is 55.4 Å². The fourth-order valence-corrected chi connectivity index (χ4v) is 3.38. The highest BCUT2D eigenvalue weighted by Crippen LogP contribution is 2.33. The third-order valence-electron chi connectivity index (χ3n) is 5.24. The fourth-order valence-electron chi connectivity index (χ4n) is 3.38. The first-order valence-electron chi connectivity index (χ1n) is 11.5. The number of benzene rings is 1. The van der Waals surface area contributed by atoms with E-state index in [-0.39, 0.29) is 6.61 Å². The van der Waals surface area contributed by atoms with E-state index in [1.807, 2.05) is 0 Å². The molecule has 1 aromatic rings. The quantitative estimate of drug-likeness (QED) is 0.177. The molecule has 0 bridgehead atoms. The van der Waals surface area contributed by atoms with Crippen LogP contribution >= 0.6 is 0 Å². The number of unbranched alkanes of at least 4 members (excludes halogenated alkanes) is 10. The summed E-state index contributed by atoms with van der Waals surface area (Å²) in [6, 6.07) is 1.06. The molecule has 0 saturated heterocycles. The minimum absolute atomic E-state index is 0.170. The number of rotatable bonds is 15. The second-order valence-corrected chi connectivity index (χ2v) is 8.06. The number of hydrogen-bond acceptors (Lipinski definition) is 3. The molecule has 1 atom stereocenters. The number of ether oxygens (including phenoxy) is 1. The molecule has 0 spiro atoms. The molecule has 0 fully saturated rings. The number of amides is 1. The standard InChI is InChI=1S/C24H35F4NO3/c1-3-4-5-6-7-8-9-10-11-12-13-17-32-23(31)18(2)29-22(30)21-19(24(26,27)28)15-14-16-20(21)25/h14-16,18H,3-13,17H2,1-2H3,(H,29,30). The fraction of sp³-hybridized carbons (Fsp3) is 0.667. The van der Waals surface area contributed by atoms with Crippen molar-refractivity contribution in [3.05, 3.63) is 35.1 Å². The van der Waals surface area contributed by atoms with E-state index in [2.05, 4.69) is 12.2 Å². The van der Waals surface area contributed by atoms with Crippen molar-refractivity contribution in [2.75, 3.05) is 6.61 Å². The second-order valence-electron chi connectivity index (χ2n) is 8.06. The van der Waals surface area contributed by atoms with E-state index in [9.17, 15) is 27.2 Å². The zero-order valence-electron chi connectivity index (χ0n) is 19.0. The Morgan fingerprint density at radius 1 is 0.938 bits per heavy atom. The largest absolute Gasteiger partial charge is 0.464 e. The lowest BCUT2D eigenvalue weighted by Crippen LogP contribution is -2.40. The molecule has 0 aromatic heterocycles. The highest BCUT2D eigenvalue weighted by molar-refractivity contribution is 5.98. The van der Waals surface area contributed by atoms with Gasteiger partial charge in [0, 0.05) is 0 Å². The lowest BCUT2D eigenvalue weighted by Gasteiger charge is -2.16. The van der Waals surface area contributed by atoms with Gasteiger partial charge in [0.1, 0.15) is 11.9 Å². The van der Waals surface area contributed by atoms with E-state index in [1.54, 1.807) is 0 Å². The second kappa shape index (κ2) is 14.9. The molecule has 4 nitrogen and oxygen atoms in total. The normalized spacial score (nSPS) is 12.4. The van der Waals surface area contributed by atoms with Crippen LogP contribution in [0.2, 0.25) is 0 Å². The van der Waals surface area contributed by atoms with Crippen molar-refractivity contribution < 1.29 is 31.9 Å². The molecule has 0 aliphatic carbocycles. The predicted octanol–water partition coefficient (Wildman–Crippen LogP) is 6.82. The Labute approximate surface area is 188 Å². The number of carbonyl (C=O) groups excluding carboxylic acids is 2. The van der Waals surface area contributed by atoms with Gasteiger partial charge >= 0.3 is 12.1 Å². The Balaban J connectivity index is 2.27. The minimum atomic E-state index is -4.90. The summed E-state index contributed by atoms with van der Waals surface area (Å²) in [7, 11) is 0. The van der Waals surface area contributed by atoms with Gasteiger partial charge in [0.15, 0.2) is 0 Å². The highest BCUT2D eigenvalue weighted by atomic mass is 19.4. The van der Waals surface area contributed by atoms with Crippen LogP contribution in [0.15, 0.2) is 18.2 Å². The van der Waals surface area contributed by atoms with E-state index < -0.39 is 41.0 Å². The van der Waals surface area contributed by atoms with Crippen molar-refractivity contribution in [3.63, 3.8) is 0 Å². The zero-order chi connectivity index (χ0) is 24.0. The van der Waals surface area contributed by atoms with Gasteiger partial charge in [0.2, 0.25) is 0 Å². The summed E-state index contributed by atoms with van der Waals surface area (Å²) in [4.78, 5) is 24.2. The molecule has 0 aliphatic heterocycles. The van der Waals surface area contributed by atoms with Crippen molar-refractivity contribution in [3.8, 4) is 0 Å². The van der Waals surface area contributed by atoms with E-state index in [0.29, 0.717) is 12.5 Å². The van der Waals surface area contributed by atoms with Crippen LogP contribution in [0.5, 0.6) is 0 Å². The van der Waals surface area contributed by atoms with E-state index in [0.717, 1.165) is 31.4 Å². The summed E-state index contributed by atoms with van der Waals surface area (Å²) in [5.74, 6) is -3.39. The van der Waals surface area contributed by atoms with Gasteiger partial charge in [-0.1, -0.05) is 77.2 Å². The van der Waals surface area contributed by atoms with Gasteiger partial charge in [0.05, 0.1) is 17.7 Å². The minimum Gasteiger partial charge on any atom is -0.464 e. The molecule has 0 aliphatic rings. The summed E-state index contributed by atoms with van der Waals surface area (Å²) in [6.07, 6.45) is 7.76. The van der Waals surface area contributed by atoms with Crippen molar-refractivity contribution in [1.29, 1.82) is 0 Å².